The summed E-state index contributed by atoms with van der Waals surface area (Å²) in [5.41, 5.74) is 0. The van der Waals surface area contributed by atoms with Crippen LogP contribution in [0.5, 0.6) is 0 Å². The average Bonchev–Trinajstić information content (AvgIpc) is 0.905. The number of esters is 3. The van der Waals surface area contributed by atoms with E-state index in [2.05, 4.69) is 215 Å². The molecule has 0 saturated heterocycles. The zero-order chi connectivity index (χ0) is 86.5. The maximum atomic E-state index is 13.1. The molecule has 5 atom stereocenters. The minimum absolute atomic E-state index is 0.0757. The summed E-state index contributed by atoms with van der Waals surface area (Å²) in [5.74, 6) is -1.60. The molecule has 5 unspecified atom stereocenters. The van der Waals surface area contributed by atoms with Crippen LogP contribution >= 0.6 is 15.6 Å². The third-order valence-corrected chi connectivity index (χ3v) is 21.2. The topological polar surface area (TPSA) is 231 Å². The molecular formula is C101H168O16P2. The Bertz CT molecular complexity index is 2940. The van der Waals surface area contributed by atoms with Crippen LogP contribution in [0.3, 0.4) is 0 Å². The van der Waals surface area contributed by atoms with Crippen LogP contribution in [-0.4, -0.2) is 95.9 Å². The van der Waals surface area contributed by atoms with Gasteiger partial charge in [0.05, 0.1) is 26.4 Å². The summed E-state index contributed by atoms with van der Waals surface area (Å²) < 4.78 is 61.5. The summed E-state index contributed by atoms with van der Waals surface area (Å²) in [7, 11) is -9.83. The van der Waals surface area contributed by atoms with Gasteiger partial charge in [-0.15, -0.1) is 0 Å². The minimum Gasteiger partial charge on any atom is -0.463 e. The molecule has 4 N–H and O–H groups in total. The summed E-state index contributed by atoms with van der Waals surface area (Å²) in [6.07, 6.45) is 122. The predicted molar refractivity (Wildman–Crippen MR) is 500 cm³/mol. The van der Waals surface area contributed by atoms with E-state index in [1.54, 1.807) is 0 Å². The van der Waals surface area contributed by atoms with Gasteiger partial charge in [-0.3, -0.25) is 32.5 Å². The molecule has 0 saturated carbocycles. The number of hydrogen-bond donors (Lipinski definition) is 4. The molecule has 0 aromatic rings. The molecule has 0 fully saturated rings. The number of ether oxygens (including phenoxy) is 3. The van der Waals surface area contributed by atoms with Gasteiger partial charge in [0.1, 0.15) is 25.4 Å². The standard InChI is InChI=1S/C101H168O16P2/c1-4-7-10-13-16-19-22-25-28-31-34-37-39-41-43-44-45-46-47-48-49-50-52-54-55-58-60-63-66-69-72-75-78-81-84-87-99(104)111-90-96(102)91-113-118(107,108)114-92-97(103)93-115-119(109,110)116-95-98(117-101(106)89-86-83-80-77-74-71-68-65-62-57-36-33-30-27-24-21-18-15-12-9-6-3)94-112-100(105)88-85-82-79-76-73-70-67-64-61-59-56-53-51-42-40-38-35-32-29-26-23-20-17-14-11-8-5-2/h7-8,10-11,16-21,25-30,34-38,41-43,45-46,51,56-57,59,65,68,96-98,102-103H,4-6,9,12-15,22-24,31-33,39-40,44,47-50,52-55,58,60-64,66-67,69-95H2,1-3H3,(H,107,108)(H,109,110)/b10-7-,11-8-,19-16-,20-17-,21-18-,28-25-,29-26-,30-27-,37-34-,38-35-,43-41-,46-45-,51-42-,57-36-,59-56-,68-65-. The number of aliphatic hydroxyl groups is 2. The summed E-state index contributed by atoms with van der Waals surface area (Å²) in [5, 5.41) is 20.7. The molecule has 0 aromatic heterocycles. The highest BCUT2D eigenvalue weighted by Crippen LogP contribution is 2.45. The van der Waals surface area contributed by atoms with Crippen molar-refractivity contribution in [2.45, 2.75) is 386 Å². The van der Waals surface area contributed by atoms with Crippen molar-refractivity contribution in [1.29, 1.82) is 0 Å². The summed E-state index contributed by atoms with van der Waals surface area (Å²) in [6, 6.07) is 0. The lowest BCUT2D eigenvalue weighted by molar-refractivity contribution is -0.161. The number of unbranched alkanes of at least 4 members (excludes halogenated alkanes) is 32. The Balaban J connectivity index is 4.58. The second kappa shape index (κ2) is 91.6. The molecule has 0 aliphatic carbocycles. The van der Waals surface area contributed by atoms with Crippen molar-refractivity contribution in [3.05, 3.63) is 194 Å². The quantitative estimate of drug-likeness (QED) is 0.0146. The number of carbonyl (C=O) groups is 3. The fourth-order valence-corrected chi connectivity index (χ4v) is 13.9. The number of aliphatic hydroxyl groups excluding tert-OH is 2. The van der Waals surface area contributed by atoms with Crippen LogP contribution < -0.4 is 0 Å². The number of phosphoric acid groups is 2. The number of phosphoric ester groups is 2. The molecular weight excluding hydrogens is 1530 g/mol. The first-order chi connectivity index (χ1) is 58.2. The molecule has 0 amide bonds. The second-order valence-electron chi connectivity index (χ2n) is 30.7. The summed E-state index contributed by atoms with van der Waals surface area (Å²) in [4.78, 5) is 59.0. The molecule has 0 rings (SSSR count). The Morgan fingerprint density at radius 1 is 0.244 bits per heavy atom. The highest BCUT2D eigenvalue weighted by Gasteiger charge is 2.29. The smallest absolute Gasteiger partial charge is 0.463 e. The van der Waals surface area contributed by atoms with Crippen molar-refractivity contribution in [3.63, 3.8) is 0 Å². The lowest BCUT2D eigenvalue weighted by atomic mass is 10.0. The van der Waals surface area contributed by atoms with E-state index in [1.165, 1.54) is 109 Å². The first-order valence-electron chi connectivity index (χ1n) is 46.7. The molecule has 0 spiro atoms. The molecule has 0 bridgehead atoms. The van der Waals surface area contributed by atoms with Crippen LogP contribution in [0.15, 0.2) is 194 Å². The van der Waals surface area contributed by atoms with E-state index in [9.17, 15) is 43.5 Å². The van der Waals surface area contributed by atoms with E-state index in [0.717, 1.165) is 199 Å². The van der Waals surface area contributed by atoms with Gasteiger partial charge in [-0.25, -0.2) is 9.13 Å². The van der Waals surface area contributed by atoms with Gasteiger partial charge < -0.3 is 34.2 Å². The van der Waals surface area contributed by atoms with Gasteiger partial charge >= 0.3 is 33.6 Å². The van der Waals surface area contributed by atoms with Crippen molar-refractivity contribution in [2.75, 3.05) is 39.6 Å². The van der Waals surface area contributed by atoms with Gasteiger partial charge in [0, 0.05) is 19.3 Å². The number of carbonyl (C=O) groups excluding carboxylic acids is 3. The van der Waals surface area contributed by atoms with E-state index in [4.69, 9.17) is 32.3 Å². The lowest BCUT2D eigenvalue weighted by Gasteiger charge is -2.21. The first kappa shape index (κ1) is 113. The summed E-state index contributed by atoms with van der Waals surface area (Å²) >= 11 is 0. The van der Waals surface area contributed by atoms with Gasteiger partial charge in [-0.05, 0) is 167 Å². The van der Waals surface area contributed by atoms with Crippen LogP contribution in [0.4, 0.5) is 0 Å². The molecule has 0 heterocycles. The predicted octanol–water partition coefficient (Wildman–Crippen LogP) is 29.0. The fraction of sp³-hybridized carbons (Fsp3) is 0.653. The second-order valence-corrected chi connectivity index (χ2v) is 33.6. The normalized spacial score (nSPS) is 14.6. The first-order valence-corrected chi connectivity index (χ1v) is 49.7. The largest absolute Gasteiger partial charge is 0.472 e. The Morgan fingerprint density at radius 2 is 0.445 bits per heavy atom. The molecule has 119 heavy (non-hydrogen) atoms. The highest BCUT2D eigenvalue weighted by atomic mass is 31.2. The average molecular weight is 1700 g/mol. The molecule has 0 aliphatic heterocycles. The van der Waals surface area contributed by atoms with E-state index in [1.807, 2.05) is 0 Å². The lowest BCUT2D eigenvalue weighted by Crippen LogP contribution is -2.30. The van der Waals surface area contributed by atoms with Crippen LogP contribution in [0.2, 0.25) is 0 Å². The molecule has 0 aromatic carbocycles. The van der Waals surface area contributed by atoms with Crippen molar-refractivity contribution in [1.82, 2.24) is 0 Å². The minimum atomic E-state index is -4.95. The van der Waals surface area contributed by atoms with Crippen molar-refractivity contribution in [2.24, 2.45) is 0 Å². The Hall–Kier alpha value is -5.61. The van der Waals surface area contributed by atoms with Gasteiger partial charge in [0.2, 0.25) is 0 Å². The van der Waals surface area contributed by atoms with Crippen molar-refractivity contribution in [3.8, 4) is 0 Å². The molecule has 0 radical (unpaired) electrons. The van der Waals surface area contributed by atoms with Gasteiger partial charge in [0.25, 0.3) is 0 Å². The van der Waals surface area contributed by atoms with Crippen LogP contribution in [0.1, 0.15) is 367 Å². The summed E-state index contributed by atoms with van der Waals surface area (Å²) in [6.45, 7) is 2.42. The highest BCUT2D eigenvalue weighted by molar-refractivity contribution is 7.47. The van der Waals surface area contributed by atoms with E-state index in [-0.39, 0.29) is 19.3 Å². The number of hydrogen-bond acceptors (Lipinski definition) is 14. The van der Waals surface area contributed by atoms with Gasteiger partial charge in [0.15, 0.2) is 6.10 Å². The zero-order valence-electron chi connectivity index (χ0n) is 74.7. The maximum Gasteiger partial charge on any atom is 0.472 e. The molecule has 18 heteroatoms. The monoisotopic (exact) mass is 1700 g/mol. The van der Waals surface area contributed by atoms with Crippen molar-refractivity contribution >= 4 is 33.6 Å². The third-order valence-electron chi connectivity index (χ3n) is 19.3. The van der Waals surface area contributed by atoms with Crippen molar-refractivity contribution < 1.29 is 75.8 Å². The molecule has 0 aliphatic rings. The van der Waals surface area contributed by atoms with E-state index < -0.39 is 91.5 Å². The van der Waals surface area contributed by atoms with Gasteiger partial charge in [-0.2, -0.15) is 0 Å². The van der Waals surface area contributed by atoms with E-state index in [0.29, 0.717) is 19.3 Å². The number of rotatable bonds is 87. The Kier molecular flexibility index (Phi) is 87.3. The van der Waals surface area contributed by atoms with E-state index >= 15 is 0 Å². The fourth-order valence-electron chi connectivity index (χ4n) is 12.3. The molecule has 678 valence electrons. The maximum absolute atomic E-state index is 13.1. The van der Waals surface area contributed by atoms with Gasteiger partial charge in [-0.1, -0.05) is 376 Å². The Labute approximate surface area is 725 Å². The van der Waals surface area contributed by atoms with Crippen LogP contribution in [0, 0.1) is 0 Å². The number of allylic oxidation sites excluding steroid dienone is 32. The third kappa shape index (κ3) is 92.9. The Morgan fingerprint density at radius 3 is 0.706 bits per heavy atom. The van der Waals surface area contributed by atoms with Crippen LogP contribution in [-0.2, 0) is 55.8 Å². The van der Waals surface area contributed by atoms with Crippen LogP contribution in [0.25, 0.3) is 0 Å². The zero-order valence-corrected chi connectivity index (χ0v) is 76.5. The SMILES string of the molecule is CC/C=C\C/C=C\C/C=C\C/C=C\C/C=C\C/C=C\CCCCCCCCCCCCCCCCCCC(=O)OCC(O)COP(=O)(O)OCC(O)COP(=O)(O)OCC(COC(=O)CCCCCCCCCC/C=C\C/C=C\C/C=C\C/C=C\C/C=C\C/C=C\CC)OC(=O)CCCCCCC/C=C\C/C=C\C/C=C\C/C=C\CCCCC. The molecule has 16 nitrogen and oxygen atoms in total.